The van der Waals surface area contributed by atoms with E-state index >= 15 is 0 Å². The quantitative estimate of drug-likeness (QED) is 0.911. The van der Waals surface area contributed by atoms with Gasteiger partial charge in [-0.1, -0.05) is 30.9 Å². The molecule has 18 heavy (non-hydrogen) atoms. The number of carbonyl (C=O) groups excluding carboxylic acids is 1. The van der Waals surface area contributed by atoms with E-state index in [4.69, 9.17) is 16.3 Å². The van der Waals surface area contributed by atoms with Crippen molar-refractivity contribution < 1.29 is 9.53 Å². The first-order chi connectivity index (χ1) is 8.70. The Labute approximate surface area is 112 Å². The molecule has 1 amide bonds. The summed E-state index contributed by atoms with van der Waals surface area (Å²) >= 11 is 6.05. The van der Waals surface area contributed by atoms with Crippen LogP contribution in [0.25, 0.3) is 0 Å². The number of halogens is 1. The van der Waals surface area contributed by atoms with E-state index in [-0.39, 0.29) is 11.9 Å². The molecule has 0 aromatic heterocycles. The van der Waals surface area contributed by atoms with Crippen LogP contribution in [-0.2, 0) is 0 Å². The van der Waals surface area contributed by atoms with Crippen LogP contribution in [0, 0.1) is 0 Å². The molecule has 98 valence electrons. The summed E-state index contributed by atoms with van der Waals surface area (Å²) in [5.74, 6) is 0.541. The van der Waals surface area contributed by atoms with E-state index in [1.165, 1.54) is 19.3 Å². The van der Waals surface area contributed by atoms with Crippen LogP contribution < -0.4 is 10.1 Å². The van der Waals surface area contributed by atoms with E-state index in [1.54, 1.807) is 25.3 Å². The van der Waals surface area contributed by atoms with Crippen molar-refractivity contribution in [3.05, 3.63) is 28.8 Å². The van der Waals surface area contributed by atoms with Crippen LogP contribution in [0.2, 0.25) is 5.02 Å². The van der Waals surface area contributed by atoms with Crippen molar-refractivity contribution in [2.24, 2.45) is 0 Å². The van der Waals surface area contributed by atoms with Crippen molar-refractivity contribution >= 4 is 17.5 Å². The molecule has 0 unspecified atom stereocenters. The maximum Gasteiger partial charge on any atom is 0.253 e. The standard InChI is InChI=1S/C14H18ClNO2/c1-18-11-7-8-13(15)12(9-11)14(17)16-10-5-3-2-4-6-10/h7-10H,2-6H2,1H3,(H,16,17). The molecule has 2 rings (SSSR count). The van der Waals surface area contributed by atoms with E-state index in [0.29, 0.717) is 16.3 Å². The van der Waals surface area contributed by atoms with Gasteiger partial charge in [-0.3, -0.25) is 4.79 Å². The number of carbonyl (C=O) groups is 1. The minimum absolute atomic E-state index is 0.106. The first-order valence-corrected chi connectivity index (χ1v) is 6.73. The fourth-order valence-electron chi connectivity index (χ4n) is 2.32. The molecule has 0 radical (unpaired) electrons. The maximum absolute atomic E-state index is 12.2. The second kappa shape index (κ2) is 6.10. The zero-order chi connectivity index (χ0) is 13.0. The first kappa shape index (κ1) is 13.2. The third-order valence-corrected chi connectivity index (χ3v) is 3.69. The molecule has 0 aliphatic heterocycles. The lowest BCUT2D eigenvalue weighted by Gasteiger charge is -2.23. The molecule has 0 bridgehead atoms. The number of benzene rings is 1. The SMILES string of the molecule is COc1ccc(Cl)c(C(=O)NC2CCCCC2)c1. The highest BCUT2D eigenvalue weighted by Gasteiger charge is 2.18. The minimum Gasteiger partial charge on any atom is -0.497 e. The molecule has 1 N–H and O–H groups in total. The lowest BCUT2D eigenvalue weighted by Crippen LogP contribution is -2.36. The number of rotatable bonds is 3. The molecule has 0 spiro atoms. The number of hydrogen-bond donors (Lipinski definition) is 1. The van der Waals surface area contributed by atoms with Crippen LogP contribution >= 0.6 is 11.6 Å². The molecule has 1 saturated carbocycles. The highest BCUT2D eigenvalue weighted by Crippen LogP contribution is 2.23. The van der Waals surface area contributed by atoms with Crippen LogP contribution in [0.4, 0.5) is 0 Å². The molecule has 0 atom stereocenters. The summed E-state index contributed by atoms with van der Waals surface area (Å²) in [4.78, 5) is 12.2. The molecular formula is C14H18ClNO2. The third kappa shape index (κ3) is 3.16. The predicted molar refractivity (Wildman–Crippen MR) is 72.3 cm³/mol. The van der Waals surface area contributed by atoms with Gasteiger partial charge in [0.05, 0.1) is 17.7 Å². The first-order valence-electron chi connectivity index (χ1n) is 6.35. The number of amides is 1. The van der Waals surface area contributed by atoms with Gasteiger partial charge in [-0.05, 0) is 31.0 Å². The van der Waals surface area contributed by atoms with Crippen LogP contribution in [0.5, 0.6) is 5.75 Å². The minimum atomic E-state index is -0.106. The van der Waals surface area contributed by atoms with Crippen molar-refractivity contribution in [1.29, 1.82) is 0 Å². The van der Waals surface area contributed by atoms with Crippen LogP contribution in [-0.4, -0.2) is 19.1 Å². The van der Waals surface area contributed by atoms with Crippen molar-refractivity contribution in [2.75, 3.05) is 7.11 Å². The number of methoxy groups -OCH3 is 1. The second-order valence-corrected chi connectivity index (χ2v) is 5.06. The van der Waals surface area contributed by atoms with Gasteiger partial charge in [0.2, 0.25) is 0 Å². The van der Waals surface area contributed by atoms with E-state index in [9.17, 15) is 4.79 Å². The summed E-state index contributed by atoms with van der Waals surface area (Å²) in [6.45, 7) is 0. The summed E-state index contributed by atoms with van der Waals surface area (Å²) in [5, 5.41) is 3.51. The Bertz CT molecular complexity index is 428. The normalized spacial score (nSPS) is 16.3. The lowest BCUT2D eigenvalue weighted by molar-refractivity contribution is 0.0927. The Balaban J connectivity index is 2.07. The zero-order valence-corrected chi connectivity index (χ0v) is 11.3. The van der Waals surface area contributed by atoms with Gasteiger partial charge in [-0.15, -0.1) is 0 Å². The molecular weight excluding hydrogens is 250 g/mol. The molecule has 1 aromatic rings. The zero-order valence-electron chi connectivity index (χ0n) is 10.5. The Kier molecular flexibility index (Phi) is 4.48. The third-order valence-electron chi connectivity index (χ3n) is 3.36. The summed E-state index contributed by atoms with van der Waals surface area (Å²) in [6, 6.07) is 5.41. The van der Waals surface area contributed by atoms with E-state index in [2.05, 4.69) is 5.32 Å². The molecule has 1 fully saturated rings. The topological polar surface area (TPSA) is 38.3 Å². The molecule has 0 saturated heterocycles. The van der Waals surface area contributed by atoms with Crippen LogP contribution in [0.15, 0.2) is 18.2 Å². The molecule has 1 aromatic carbocycles. The van der Waals surface area contributed by atoms with Gasteiger partial charge in [0.1, 0.15) is 5.75 Å². The lowest BCUT2D eigenvalue weighted by atomic mass is 9.95. The smallest absolute Gasteiger partial charge is 0.253 e. The Morgan fingerprint density at radius 2 is 2.06 bits per heavy atom. The van der Waals surface area contributed by atoms with Crippen molar-refractivity contribution in [3.8, 4) is 5.75 Å². The monoisotopic (exact) mass is 267 g/mol. The van der Waals surface area contributed by atoms with Gasteiger partial charge in [0, 0.05) is 6.04 Å². The van der Waals surface area contributed by atoms with Gasteiger partial charge >= 0.3 is 0 Å². The van der Waals surface area contributed by atoms with Crippen LogP contribution in [0.3, 0.4) is 0 Å². The Morgan fingerprint density at radius 1 is 1.33 bits per heavy atom. The predicted octanol–water partition coefficient (Wildman–Crippen LogP) is 3.41. The van der Waals surface area contributed by atoms with Gasteiger partial charge < -0.3 is 10.1 Å². The number of hydrogen-bond acceptors (Lipinski definition) is 2. The van der Waals surface area contributed by atoms with E-state index in [0.717, 1.165) is 12.8 Å². The summed E-state index contributed by atoms with van der Waals surface area (Å²) in [6.07, 6.45) is 5.78. The highest BCUT2D eigenvalue weighted by molar-refractivity contribution is 6.33. The Morgan fingerprint density at radius 3 is 2.72 bits per heavy atom. The summed E-state index contributed by atoms with van der Waals surface area (Å²) < 4.78 is 5.11. The average Bonchev–Trinajstić information content (AvgIpc) is 2.40. The molecule has 1 aliphatic carbocycles. The number of nitrogens with one attached hydrogen (secondary N) is 1. The largest absolute Gasteiger partial charge is 0.497 e. The van der Waals surface area contributed by atoms with Crippen molar-refractivity contribution in [3.63, 3.8) is 0 Å². The van der Waals surface area contributed by atoms with Gasteiger partial charge in [0.25, 0.3) is 5.91 Å². The highest BCUT2D eigenvalue weighted by atomic mass is 35.5. The molecule has 3 nitrogen and oxygen atoms in total. The van der Waals surface area contributed by atoms with Gasteiger partial charge in [-0.25, -0.2) is 0 Å². The van der Waals surface area contributed by atoms with Gasteiger partial charge in [-0.2, -0.15) is 0 Å². The summed E-state index contributed by atoms with van der Waals surface area (Å²) in [7, 11) is 1.58. The van der Waals surface area contributed by atoms with Crippen molar-refractivity contribution in [1.82, 2.24) is 5.32 Å². The molecule has 1 aliphatic rings. The molecule has 0 heterocycles. The molecule has 4 heteroatoms. The fourth-order valence-corrected chi connectivity index (χ4v) is 2.52. The fraction of sp³-hybridized carbons (Fsp3) is 0.500. The van der Waals surface area contributed by atoms with Gasteiger partial charge in [0.15, 0.2) is 0 Å². The van der Waals surface area contributed by atoms with E-state index in [1.807, 2.05) is 0 Å². The maximum atomic E-state index is 12.2. The second-order valence-electron chi connectivity index (χ2n) is 4.65. The summed E-state index contributed by atoms with van der Waals surface area (Å²) in [5.41, 5.74) is 0.488. The number of ether oxygens (including phenoxy) is 1. The van der Waals surface area contributed by atoms with E-state index < -0.39 is 0 Å². The van der Waals surface area contributed by atoms with Crippen LogP contribution in [0.1, 0.15) is 42.5 Å². The average molecular weight is 268 g/mol. The van der Waals surface area contributed by atoms with Crippen molar-refractivity contribution in [2.45, 2.75) is 38.1 Å². The Hall–Kier alpha value is -1.22.